The van der Waals surface area contributed by atoms with E-state index in [4.69, 9.17) is 13.8 Å². The van der Waals surface area contributed by atoms with Crippen LogP contribution >= 0.6 is 0 Å². The highest BCUT2D eigenvalue weighted by atomic mass is 16.3. The summed E-state index contributed by atoms with van der Waals surface area (Å²) < 4.78 is 12.6. The van der Waals surface area contributed by atoms with Gasteiger partial charge in [-0.25, -0.2) is 0 Å². The van der Waals surface area contributed by atoms with E-state index >= 15 is 0 Å². The molecule has 3 heterocycles. The summed E-state index contributed by atoms with van der Waals surface area (Å²) in [6.07, 6.45) is 2.82. The fourth-order valence-corrected chi connectivity index (χ4v) is 5.14. The highest BCUT2D eigenvalue weighted by Gasteiger charge is 2.21. The van der Waals surface area contributed by atoms with E-state index in [1.807, 2.05) is 18.3 Å². The van der Waals surface area contributed by atoms with Crippen molar-refractivity contribution in [1.29, 1.82) is 0 Å². The topological polar surface area (TPSA) is 39.2 Å². The van der Waals surface area contributed by atoms with Gasteiger partial charge in [-0.15, -0.1) is 0 Å². The molecule has 0 aliphatic carbocycles. The second-order valence-corrected chi connectivity index (χ2v) is 10.8. The smallest absolute Gasteiger partial charge is 0.161 e. The zero-order valence-electron chi connectivity index (χ0n) is 20.4. The van der Waals surface area contributed by atoms with Gasteiger partial charge < -0.3 is 8.83 Å². The molecule has 3 nitrogen and oxygen atoms in total. The van der Waals surface area contributed by atoms with Gasteiger partial charge in [0.05, 0.1) is 0 Å². The number of rotatable bonds is 3. The summed E-state index contributed by atoms with van der Waals surface area (Å²) in [5, 5.41) is 5.79. The van der Waals surface area contributed by atoms with Gasteiger partial charge in [0, 0.05) is 34.3 Å². The fourth-order valence-electron chi connectivity index (χ4n) is 5.14. The average molecular weight is 448 g/mol. The molecule has 3 aromatic carbocycles. The summed E-state index contributed by atoms with van der Waals surface area (Å²) in [5.41, 5.74) is 5.88. The lowest BCUT2D eigenvalue weighted by Crippen LogP contribution is -2.12. The van der Waals surface area contributed by atoms with Gasteiger partial charge in [-0.2, -0.15) is 0 Å². The fraction of sp³-hybridized carbons (Fsp3) is 0.258. The van der Waals surface area contributed by atoms with Crippen molar-refractivity contribution in [1.82, 2.24) is 4.98 Å². The molecule has 0 fully saturated rings. The Morgan fingerprint density at radius 1 is 0.824 bits per heavy atom. The first kappa shape index (κ1) is 21.0. The lowest BCUT2D eigenvalue weighted by molar-refractivity contribution is 0.500. The van der Waals surface area contributed by atoms with Gasteiger partial charge in [0.1, 0.15) is 22.6 Å². The van der Waals surface area contributed by atoms with Crippen LogP contribution in [0.15, 0.2) is 75.7 Å². The molecule has 6 aromatic rings. The Morgan fingerprint density at radius 3 is 2.41 bits per heavy atom. The molecule has 0 aliphatic rings. The summed E-state index contributed by atoms with van der Waals surface area (Å²) in [6, 6.07) is 21.4. The highest BCUT2D eigenvalue weighted by molar-refractivity contribution is 6.19. The Hall–Kier alpha value is -3.59. The summed E-state index contributed by atoms with van der Waals surface area (Å²) in [5.74, 6) is 1.56. The normalized spacial score (nSPS) is 12.6. The van der Waals surface area contributed by atoms with Crippen LogP contribution in [0.25, 0.3) is 54.9 Å². The second kappa shape index (κ2) is 7.46. The summed E-state index contributed by atoms with van der Waals surface area (Å²) in [4.78, 5) is 4.81. The summed E-state index contributed by atoms with van der Waals surface area (Å²) >= 11 is 0. The number of aromatic nitrogens is 1. The Balaban J connectivity index is 1.63. The van der Waals surface area contributed by atoms with E-state index < -0.39 is 0 Å². The number of benzene rings is 3. The molecule has 3 aromatic heterocycles. The second-order valence-electron chi connectivity index (χ2n) is 10.8. The molecular weight excluding hydrogens is 418 g/mol. The van der Waals surface area contributed by atoms with E-state index in [1.54, 1.807) is 0 Å². The molecule has 0 spiro atoms. The first-order valence-corrected chi connectivity index (χ1v) is 12.1. The van der Waals surface area contributed by atoms with E-state index in [-0.39, 0.29) is 5.41 Å². The van der Waals surface area contributed by atoms with E-state index in [1.165, 1.54) is 16.3 Å². The minimum Gasteiger partial charge on any atom is -0.461 e. The van der Waals surface area contributed by atoms with Gasteiger partial charge in [0.15, 0.2) is 5.58 Å². The third kappa shape index (κ3) is 3.30. The van der Waals surface area contributed by atoms with Crippen molar-refractivity contribution in [2.45, 2.75) is 46.5 Å². The van der Waals surface area contributed by atoms with Crippen LogP contribution in [-0.2, 0) is 11.8 Å². The predicted octanol–water partition coefficient (Wildman–Crippen LogP) is 9.04. The van der Waals surface area contributed by atoms with Crippen LogP contribution < -0.4 is 0 Å². The van der Waals surface area contributed by atoms with Gasteiger partial charge in [-0.05, 0) is 64.1 Å². The first-order valence-electron chi connectivity index (χ1n) is 12.1. The standard InChI is InChI=1S/C31H29NO2/c1-18(2)14-21-17-24-26(33-21)10-11-27-28(24)23-12-13-32-29(30(23)34-27)20-15-19-8-6-7-9-22(19)25(16-20)31(3,4)5/h6-13,15-18H,14H2,1-5H3. The van der Waals surface area contributed by atoms with Crippen LogP contribution in [0.2, 0.25) is 0 Å². The molecule has 0 amide bonds. The SMILES string of the molecule is CC(C)Cc1cc2c(ccc3oc4c(-c5cc(C(C)(C)C)c6ccccc6c5)nccc4c32)o1. The molecule has 0 radical (unpaired) electrons. The van der Waals surface area contributed by atoms with Crippen LogP contribution in [0.4, 0.5) is 0 Å². The zero-order chi connectivity index (χ0) is 23.6. The summed E-state index contributed by atoms with van der Waals surface area (Å²) in [6.45, 7) is 11.2. The van der Waals surface area contributed by atoms with Crippen molar-refractivity contribution in [2.24, 2.45) is 5.92 Å². The quantitative estimate of drug-likeness (QED) is 0.272. The third-order valence-electron chi connectivity index (χ3n) is 6.65. The third-order valence-corrected chi connectivity index (χ3v) is 6.65. The molecule has 0 saturated heterocycles. The molecule has 0 saturated carbocycles. The molecule has 170 valence electrons. The number of hydrogen-bond donors (Lipinski definition) is 0. The van der Waals surface area contributed by atoms with Crippen LogP contribution in [0.5, 0.6) is 0 Å². The molecule has 0 unspecified atom stereocenters. The predicted molar refractivity (Wildman–Crippen MR) is 141 cm³/mol. The lowest BCUT2D eigenvalue weighted by Gasteiger charge is -2.22. The molecule has 0 aliphatic heterocycles. The minimum absolute atomic E-state index is 0.00710. The monoisotopic (exact) mass is 447 g/mol. The highest BCUT2D eigenvalue weighted by Crippen LogP contribution is 2.41. The largest absolute Gasteiger partial charge is 0.461 e. The van der Waals surface area contributed by atoms with Crippen molar-refractivity contribution in [3.8, 4) is 11.3 Å². The van der Waals surface area contributed by atoms with E-state index in [0.717, 1.165) is 56.3 Å². The van der Waals surface area contributed by atoms with Gasteiger partial charge >= 0.3 is 0 Å². The van der Waals surface area contributed by atoms with Crippen molar-refractivity contribution in [3.63, 3.8) is 0 Å². The molecule has 0 N–H and O–H groups in total. The van der Waals surface area contributed by atoms with Crippen LogP contribution in [0.1, 0.15) is 45.9 Å². The van der Waals surface area contributed by atoms with E-state index in [0.29, 0.717) is 5.92 Å². The number of fused-ring (bicyclic) bond motifs is 6. The molecule has 34 heavy (non-hydrogen) atoms. The molecule has 6 rings (SSSR count). The van der Waals surface area contributed by atoms with Crippen molar-refractivity contribution in [3.05, 3.63) is 78.2 Å². The van der Waals surface area contributed by atoms with Gasteiger partial charge in [-0.3, -0.25) is 4.98 Å². The van der Waals surface area contributed by atoms with Gasteiger partial charge in [-0.1, -0.05) is 58.9 Å². The Morgan fingerprint density at radius 2 is 1.62 bits per heavy atom. The maximum absolute atomic E-state index is 6.47. The number of nitrogens with zero attached hydrogens (tertiary/aromatic N) is 1. The molecule has 3 heteroatoms. The molecule has 0 bridgehead atoms. The number of hydrogen-bond acceptors (Lipinski definition) is 3. The van der Waals surface area contributed by atoms with Crippen LogP contribution in [-0.4, -0.2) is 4.98 Å². The van der Waals surface area contributed by atoms with Gasteiger partial charge in [0.2, 0.25) is 0 Å². The van der Waals surface area contributed by atoms with Crippen LogP contribution in [0.3, 0.4) is 0 Å². The van der Waals surface area contributed by atoms with Crippen molar-refractivity contribution in [2.75, 3.05) is 0 Å². The Labute approximate surface area is 199 Å². The maximum Gasteiger partial charge on any atom is 0.161 e. The molecule has 0 atom stereocenters. The average Bonchev–Trinajstić information content (AvgIpc) is 3.37. The van der Waals surface area contributed by atoms with Crippen molar-refractivity contribution >= 4 is 43.7 Å². The first-order chi connectivity index (χ1) is 16.3. The lowest BCUT2D eigenvalue weighted by atomic mass is 9.82. The zero-order valence-corrected chi connectivity index (χ0v) is 20.4. The van der Waals surface area contributed by atoms with E-state index in [2.05, 4.69) is 83.1 Å². The Bertz CT molecular complexity index is 1690. The van der Waals surface area contributed by atoms with Gasteiger partial charge in [0.25, 0.3) is 0 Å². The maximum atomic E-state index is 6.47. The summed E-state index contributed by atoms with van der Waals surface area (Å²) in [7, 11) is 0. The number of furan rings is 2. The minimum atomic E-state index is 0.00710. The number of pyridine rings is 1. The molecular formula is C31H29NO2. The van der Waals surface area contributed by atoms with Crippen LogP contribution in [0, 0.1) is 5.92 Å². The van der Waals surface area contributed by atoms with Crippen molar-refractivity contribution < 1.29 is 8.83 Å². The van der Waals surface area contributed by atoms with E-state index in [9.17, 15) is 0 Å². The Kier molecular flexibility index (Phi) is 4.60.